The van der Waals surface area contributed by atoms with E-state index in [9.17, 15) is 5.11 Å². The molecule has 1 saturated carbocycles. The van der Waals surface area contributed by atoms with Gasteiger partial charge < -0.3 is 9.84 Å². The molecule has 9 heavy (non-hydrogen) atoms. The molecule has 2 aliphatic rings. The Balaban J connectivity index is 2.02. The van der Waals surface area contributed by atoms with Crippen LogP contribution in [0.4, 0.5) is 0 Å². The average molecular weight is 128 g/mol. The van der Waals surface area contributed by atoms with Crippen molar-refractivity contribution in [1.29, 1.82) is 0 Å². The van der Waals surface area contributed by atoms with Crippen LogP contribution in [-0.2, 0) is 4.74 Å². The largest absolute Gasteiger partial charge is 0.387 e. The second-order valence-corrected chi connectivity index (χ2v) is 3.18. The lowest BCUT2D eigenvalue weighted by Crippen LogP contribution is -2.31. The van der Waals surface area contributed by atoms with Crippen LogP contribution in [-0.4, -0.2) is 23.9 Å². The summed E-state index contributed by atoms with van der Waals surface area (Å²) in [5.41, 5.74) is -0.417. The highest BCUT2D eigenvalue weighted by atomic mass is 16.5. The Kier molecular flexibility index (Phi) is 1.08. The van der Waals surface area contributed by atoms with Gasteiger partial charge in [0.2, 0.25) is 0 Å². The van der Waals surface area contributed by atoms with E-state index in [2.05, 4.69) is 0 Å². The normalized spacial score (nSPS) is 43.7. The van der Waals surface area contributed by atoms with Crippen LogP contribution >= 0.6 is 0 Å². The van der Waals surface area contributed by atoms with Crippen LogP contribution in [0.1, 0.15) is 19.3 Å². The molecule has 2 fully saturated rings. The van der Waals surface area contributed by atoms with Gasteiger partial charge in [-0.1, -0.05) is 0 Å². The lowest BCUT2D eigenvalue weighted by atomic mass is 9.98. The number of rotatable bonds is 1. The maximum absolute atomic E-state index is 9.71. The van der Waals surface area contributed by atoms with Crippen molar-refractivity contribution in [2.45, 2.75) is 24.9 Å². The average Bonchev–Trinajstić information content (AvgIpc) is 2.60. The van der Waals surface area contributed by atoms with Crippen molar-refractivity contribution in [1.82, 2.24) is 0 Å². The Morgan fingerprint density at radius 2 is 2.22 bits per heavy atom. The predicted molar refractivity (Wildman–Crippen MR) is 33.1 cm³/mol. The summed E-state index contributed by atoms with van der Waals surface area (Å²) in [6, 6.07) is 0. The molecule has 52 valence electrons. The molecule has 0 aromatic rings. The van der Waals surface area contributed by atoms with Crippen molar-refractivity contribution < 1.29 is 9.84 Å². The van der Waals surface area contributed by atoms with Gasteiger partial charge in [-0.15, -0.1) is 0 Å². The molecule has 2 rings (SSSR count). The summed E-state index contributed by atoms with van der Waals surface area (Å²) in [7, 11) is 0. The van der Waals surface area contributed by atoms with Crippen LogP contribution in [0.25, 0.3) is 0 Å². The molecule has 2 nitrogen and oxygen atoms in total. The molecule has 1 aliphatic carbocycles. The molecular formula is C7H12O2. The van der Waals surface area contributed by atoms with E-state index in [1.54, 1.807) is 0 Å². The molecule has 0 aromatic heterocycles. The first kappa shape index (κ1) is 5.69. The smallest absolute Gasteiger partial charge is 0.0929 e. The minimum Gasteiger partial charge on any atom is -0.387 e. The third-order valence-corrected chi connectivity index (χ3v) is 2.37. The van der Waals surface area contributed by atoms with Crippen LogP contribution in [0.5, 0.6) is 0 Å². The van der Waals surface area contributed by atoms with Gasteiger partial charge in [-0.25, -0.2) is 0 Å². The van der Waals surface area contributed by atoms with Gasteiger partial charge in [-0.05, 0) is 18.8 Å². The Morgan fingerprint density at radius 1 is 1.44 bits per heavy atom. The third kappa shape index (κ3) is 0.864. The molecule has 1 N–H and O–H groups in total. The van der Waals surface area contributed by atoms with Gasteiger partial charge in [-0.3, -0.25) is 0 Å². The molecule has 0 bridgehead atoms. The Hall–Kier alpha value is -0.0800. The molecule has 1 aliphatic heterocycles. The second-order valence-electron chi connectivity index (χ2n) is 3.18. The Labute approximate surface area is 54.8 Å². The lowest BCUT2D eigenvalue weighted by Gasteiger charge is -2.18. The first-order valence-electron chi connectivity index (χ1n) is 3.61. The van der Waals surface area contributed by atoms with Crippen molar-refractivity contribution in [2.24, 2.45) is 5.92 Å². The minimum atomic E-state index is -0.417. The molecule has 1 saturated heterocycles. The van der Waals surface area contributed by atoms with Gasteiger partial charge >= 0.3 is 0 Å². The van der Waals surface area contributed by atoms with Gasteiger partial charge in [0, 0.05) is 13.0 Å². The van der Waals surface area contributed by atoms with E-state index in [-0.39, 0.29) is 0 Å². The number of ether oxygens (including phenoxy) is 1. The lowest BCUT2D eigenvalue weighted by molar-refractivity contribution is 0.00716. The third-order valence-electron chi connectivity index (χ3n) is 2.37. The molecular weight excluding hydrogens is 116 g/mol. The van der Waals surface area contributed by atoms with Gasteiger partial charge in [0.1, 0.15) is 0 Å². The van der Waals surface area contributed by atoms with Gasteiger partial charge in [0.15, 0.2) is 0 Å². The van der Waals surface area contributed by atoms with Gasteiger partial charge in [0.05, 0.1) is 12.2 Å². The maximum atomic E-state index is 9.71. The van der Waals surface area contributed by atoms with Crippen LogP contribution < -0.4 is 0 Å². The fourth-order valence-corrected chi connectivity index (χ4v) is 1.51. The molecule has 0 spiro atoms. The molecule has 1 atom stereocenters. The van der Waals surface area contributed by atoms with Crippen LogP contribution in [0, 0.1) is 5.92 Å². The van der Waals surface area contributed by atoms with Gasteiger partial charge in [-0.2, -0.15) is 0 Å². The molecule has 1 unspecified atom stereocenters. The van der Waals surface area contributed by atoms with Crippen molar-refractivity contribution in [3.05, 3.63) is 0 Å². The summed E-state index contributed by atoms with van der Waals surface area (Å²) in [6.45, 7) is 1.34. The maximum Gasteiger partial charge on any atom is 0.0929 e. The van der Waals surface area contributed by atoms with Crippen LogP contribution in [0.2, 0.25) is 0 Å². The van der Waals surface area contributed by atoms with Crippen molar-refractivity contribution >= 4 is 0 Å². The highest BCUT2D eigenvalue weighted by Crippen LogP contribution is 2.43. The summed E-state index contributed by atoms with van der Waals surface area (Å²) in [4.78, 5) is 0. The highest BCUT2D eigenvalue weighted by Gasteiger charge is 2.46. The number of hydrogen-bond donors (Lipinski definition) is 1. The van der Waals surface area contributed by atoms with E-state index in [0.717, 1.165) is 13.0 Å². The highest BCUT2D eigenvalue weighted by molar-refractivity contribution is 4.96. The number of aliphatic hydroxyl groups is 1. The zero-order chi connectivity index (χ0) is 6.32. The second kappa shape index (κ2) is 1.70. The molecule has 2 heteroatoms. The minimum absolute atomic E-state index is 0.417. The van der Waals surface area contributed by atoms with E-state index < -0.39 is 5.60 Å². The quantitative estimate of drug-likeness (QED) is 0.558. The first-order valence-corrected chi connectivity index (χ1v) is 3.61. The Morgan fingerprint density at radius 3 is 2.67 bits per heavy atom. The molecule has 0 amide bonds. The summed E-state index contributed by atoms with van der Waals surface area (Å²) in [5, 5.41) is 9.71. The van der Waals surface area contributed by atoms with E-state index in [4.69, 9.17) is 4.74 Å². The van der Waals surface area contributed by atoms with Gasteiger partial charge in [0.25, 0.3) is 0 Å². The standard InChI is InChI=1S/C7H12O2/c8-7(6-1-2-6)3-4-9-5-7/h6,8H,1-5H2. The SMILES string of the molecule is OC1(C2CC2)CCOC1. The van der Waals surface area contributed by atoms with E-state index in [0.29, 0.717) is 12.5 Å². The number of hydrogen-bond acceptors (Lipinski definition) is 2. The fourth-order valence-electron chi connectivity index (χ4n) is 1.51. The Bertz CT molecular complexity index is 112. The monoisotopic (exact) mass is 128 g/mol. The van der Waals surface area contributed by atoms with E-state index in [1.807, 2.05) is 0 Å². The zero-order valence-corrected chi connectivity index (χ0v) is 5.47. The summed E-state index contributed by atoms with van der Waals surface area (Å²) < 4.78 is 5.11. The van der Waals surface area contributed by atoms with E-state index in [1.165, 1.54) is 12.8 Å². The summed E-state index contributed by atoms with van der Waals surface area (Å²) >= 11 is 0. The van der Waals surface area contributed by atoms with Crippen LogP contribution in [0.15, 0.2) is 0 Å². The first-order chi connectivity index (χ1) is 4.31. The molecule has 0 radical (unpaired) electrons. The molecule has 0 aromatic carbocycles. The van der Waals surface area contributed by atoms with Crippen molar-refractivity contribution in [2.75, 3.05) is 13.2 Å². The predicted octanol–water partition coefficient (Wildman–Crippen LogP) is 0.548. The van der Waals surface area contributed by atoms with Crippen molar-refractivity contribution in [3.8, 4) is 0 Å². The summed E-state index contributed by atoms with van der Waals surface area (Å²) in [5.74, 6) is 0.569. The zero-order valence-electron chi connectivity index (χ0n) is 5.47. The fraction of sp³-hybridized carbons (Fsp3) is 1.00. The topological polar surface area (TPSA) is 29.5 Å². The van der Waals surface area contributed by atoms with E-state index >= 15 is 0 Å². The summed E-state index contributed by atoms with van der Waals surface area (Å²) in [6.07, 6.45) is 3.28. The van der Waals surface area contributed by atoms with Crippen LogP contribution in [0.3, 0.4) is 0 Å². The molecule has 1 heterocycles. The van der Waals surface area contributed by atoms with Crippen molar-refractivity contribution in [3.63, 3.8) is 0 Å².